The molecule has 3 aromatic rings. The molecule has 0 radical (unpaired) electrons. The first kappa shape index (κ1) is 22.1. The lowest BCUT2D eigenvalue weighted by Gasteiger charge is -2.25. The molecular weight excluding hydrogens is 418 g/mol. The summed E-state index contributed by atoms with van der Waals surface area (Å²) in [4.78, 5) is 34.2. The van der Waals surface area contributed by atoms with Crippen LogP contribution in [0.15, 0.2) is 72.3 Å². The van der Waals surface area contributed by atoms with E-state index in [-0.39, 0.29) is 11.3 Å². The minimum atomic E-state index is -0.822. The van der Waals surface area contributed by atoms with Crippen molar-refractivity contribution in [1.29, 1.82) is 0 Å². The number of methoxy groups -OCH3 is 1. The van der Waals surface area contributed by atoms with Crippen LogP contribution in [-0.4, -0.2) is 43.0 Å². The number of carbonyl (C=O) groups is 2. The van der Waals surface area contributed by atoms with Crippen LogP contribution < -0.4 is 14.5 Å². The molecule has 1 aromatic heterocycles. The number of aryl methyl sites for hydroxylation is 1. The summed E-state index contributed by atoms with van der Waals surface area (Å²) in [6.07, 6.45) is 0. The number of pyridine rings is 1. The molecule has 1 aliphatic heterocycles. The third-order valence-electron chi connectivity index (χ3n) is 5.65. The molecule has 7 heteroatoms. The van der Waals surface area contributed by atoms with Gasteiger partial charge in [-0.2, -0.15) is 0 Å². The van der Waals surface area contributed by atoms with Crippen molar-refractivity contribution in [2.45, 2.75) is 13.0 Å². The van der Waals surface area contributed by atoms with Crippen molar-refractivity contribution in [1.82, 2.24) is 4.98 Å². The minimum absolute atomic E-state index is 0.0195. The molecule has 1 saturated heterocycles. The van der Waals surface area contributed by atoms with E-state index < -0.39 is 17.7 Å². The Bertz CT molecular complexity index is 1230. The second-order valence-corrected chi connectivity index (χ2v) is 8.02. The summed E-state index contributed by atoms with van der Waals surface area (Å²) in [6.45, 7) is 1.82. The number of aliphatic hydroxyl groups excluding tert-OH is 1. The van der Waals surface area contributed by atoms with Crippen molar-refractivity contribution in [2.75, 3.05) is 31.0 Å². The summed E-state index contributed by atoms with van der Waals surface area (Å²) in [5.41, 5.74) is 2.82. The fraction of sp³-hybridized carbons (Fsp3) is 0.192. The van der Waals surface area contributed by atoms with Crippen molar-refractivity contribution in [3.05, 3.63) is 89.1 Å². The molecule has 33 heavy (non-hydrogen) atoms. The number of hydrogen-bond donors (Lipinski definition) is 1. The summed E-state index contributed by atoms with van der Waals surface area (Å²) in [7, 11) is 5.41. The zero-order valence-electron chi connectivity index (χ0n) is 18.9. The quantitative estimate of drug-likeness (QED) is 0.363. The molecule has 0 bridgehead atoms. The van der Waals surface area contributed by atoms with E-state index in [1.807, 2.05) is 56.3 Å². The Labute approximate surface area is 192 Å². The van der Waals surface area contributed by atoms with Crippen LogP contribution >= 0.6 is 0 Å². The van der Waals surface area contributed by atoms with Crippen molar-refractivity contribution in [3.63, 3.8) is 0 Å². The van der Waals surface area contributed by atoms with Gasteiger partial charge in [0, 0.05) is 31.0 Å². The first-order valence-electron chi connectivity index (χ1n) is 10.5. The van der Waals surface area contributed by atoms with Crippen LogP contribution in [0.1, 0.15) is 22.9 Å². The zero-order valence-corrected chi connectivity index (χ0v) is 18.9. The summed E-state index contributed by atoms with van der Waals surface area (Å²) < 4.78 is 5.18. The third kappa shape index (κ3) is 4.05. The van der Waals surface area contributed by atoms with Gasteiger partial charge in [0.15, 0.2) is 0 Å². The second kappa shape index (κ2) is 8.78. The first-order chi connectivity index (χ1) is 15.8. The van der Waals surface area contributed by atoms with Crippen LogP contribution in [0, 0.1) is 6.92 Å². The number of nitrogens with zero attached hydrogens (tertiary/aromatic N) is 3. The Morgan fingerprint density at radius 3 is 2.24 bits per heavy atom. The Morgan fingerprint density at radius 2 is 1.67 bits per heavy atom. The minimum Gasteiger partial charge on any atom is -0.507 e. The van der Waals surface area contributed by atoms with Gasteiger partial charge in [-0.15, -0.1) is 0 Å². The number of aliphatic hydroxyl groups is 1. The number of benzene rings is 2. The molecule has 1 atom stereocenters. The molecule has 0 saturated carbocycles. The van der Waals surface area contributed by atoms with E-state index in [1.54, 1.807) is 43.5 Å². The molecule has 7 nitrogen and oxygen atoms in total. The molecule has 4 rings (SSSR count). The highest BCUT2D eigenvalue weighted by molar-refractivity contribution is 6.51. The largest absolute Gasteiger partial charge is 0.507 e. The average molecular weight is 444 g/mol. The van der Waals surface area contributed by atoms with Crippen molar-refractivity contribution in [3.8, 4) is 5.75 Å². The maximum Gasteiger partial charge on any atom is 0.301 e. The van der Waals surface area contributed by atoms with Crippen LogP contribution in [0.25, 0.3) is 5.76 Å². The molecule has 168 valence electrons. The van der Waals surface area contributed by atoms with Gasteiger partial charge in [0.2, 0.25) is 0 Å². The van der Waals surface area contributed by atoms with Gasteiger partial charge in [0.05, 0.1) is 18.7 Å². The molecule has 1 N–H and O–H groups in total. The van der Waals surface area contributed by atoms with Gasteiger partial charge in [-0.1, -0.05) is 18.2 Å². The van der Waals surface area contributed by atoms with Crippen LogP contribution in [0.3, 0.4) is 0 Å². The normalized spacial score (nSPS) is 17.3. The topological polar surface area (TPSA) is 83.0 Å². The number of hydrogen-bond acceptors (Lipinski definition) is 6. The predicted molar refractivity (Wildman–Crippen MR) is 128 cm³/mol. The summed E-state index contributed by atoms with van der Waals surface area (Å²) >= 11 is 0. The molecule has 2 aromatic carbocycles. The second-order valence-electron chi connectivity index (χ2n) is 8.02. The number of carbonyl (C=O) groups excluding carboxylic acids is 2. The highest BCUT2D eigenvalue weighted by Gasteiger charge is 2.47. The first-order valence-corrected chi connectivity index (χ1v) is 10.5. The molecule has 1 amide bonds. The Kier molecular flexibility index (Phi) is 5.87. The number of aromatic nitrogens is 1. The van der Waals surface area contributed by atoms with Gasteiger partial charge >= 0.3 is 5.91 Å². The Balaban J connectivity index is 1.91. The number of ketones is 1. The number of ether oxygens (including phenoxy) is 1. The van der Waals surface area contributed by atoms with E-state index in [9.17, 15) is 14.7 Å². The average Bonchev–Trinajstić information content (AvgIpc) is 3.09. The SMILES string of the molecule is COc1ccc(C(O)=C2C(=O)C(=O)N(c3cccc(C)n3)[C@H]2c2ccc(N(C)C)cc2)cc1. The van der Waals surface area contributed by atoms with E-state index >= 15 is 0 Å². The van der Waals surface area contributed by atoms with Crippen molar-refractivity contribution >= 4 is 29.0 Å². The van der Waals surface area contributed by atoms with Gasteiger partial charge in [-0.3, -0.25) is 14.5 Å². The number of rotatable bonds is 5. The van der Waals surface area contributed by atoms with Crippen LogP contribution in [0.4, 0.5) is 11.5 Å². The molecule has 0 unspecified atom stereocenters. The molecule has 0 spiro atoms. The number of amides is 1. The maximum absolute atomic E-state index is 13.2. The van der Waals surface area contributed by atoms with Crippen LogP contribution in [0.5, 0.6) is 5.75 Å². The van der Waals surface area contributed by atoms with E-state index in [0.717, 1.165) is 5.69 Å². The molecule has 2 heterocycles. The zero-order chi connectivity index (χ0) is 23.7. The summed E-state index contributed by atoms with van der Waals surface area (Å²) in [5, 5.41) is 11.2. The number of Topliss-reactive ketones (excluding diaryl/α,β-unsaturated/α-hetero) is 1. The summed E-state index contributed by atoms with van der Waals surface area (Å²) in [5.74, 6) is -0.759. The predicted octanol–water partition coefficient (Wildman–Crippen LogP) is 4.09. The van der Waals surface area contributed by atoms with Crippen LogP contribution in [-0.2, 0) is 9.59 Å². The van der Waals surface area contributed by atoms with Gasteiger partial charge in [0.25, 0.3) is 5.78 Å². The van der Waals surface area contributed by atoms with E-state index in [0.29, 0.717) is 28.4 Å². The fourth-order valence-corrected chi connectivity index (χ4v) is 3.91. The lowest BCUT2D eigenvalue weighted by Crippen LogP contribution is -2.30. The lowest BCUT2D eigenvalue weighted by atomic mass is 9.95. The van der Waals surface area contributed by atoms with Gasteiger partial charge in [0.1, 0.15) is 17.3 Å². The molecule has 0 aliphatic carbocycles. The van der Waals surface area contributed by atoms with Crippen molar-refractivity contribution in [2.24, 2.45) is 0 Å². The smallest absolute Gasteiger partial charge is 0.301 e. The van der Waals surface area contributed by atoms with Gasteiger partial charge in [-0.05, 0) is 61.0 Å². The highest BCUT2D eigenvalue weighted by atomic mass is 16.5. The number of anilines is 2. The van der Waals surface area contributed by atoms with Gasteiger partial charge in [-0.25, -0.2) is 4.98 Å². The Hall–Kier alpha value is -4.13. The lowest BCUT2D eigenvalue weighted by molar-refractivity contribution is -0.132. The maximum atomic E-state index is 13.2. The third-order valence-corrected chi connectivity index (χ3v) is 5.65. The van der Waals surface area contributed by atoms with E-state index in [1.165, 1.54) is 4.90 Å². The van der Waals surface area contributed by atoms with Crippen LogP contribution in [0.2, 0.25) is 0 Å². The molecule has 1 aliphatic rings. The van der Waals surface area contributed by atoms with Crippen molar-refractivity contribution < 1.29 is 19.4 Å². The standard InChI is InChI=1S/C26H25N3O4/c1-16-6-5-7-21(27-16)29-23(17-8-12-19(13-9-17)28(2)3)22(25(31)26(29)32)24(30)18-10-14-20(33-4)15-11-18/h5-15,23,30H,1-4H3/t23-/m0/s1. The monoisotopic (exact) mass is 443 g/mol. The highest BCUT2D eigenvalue weighted by Crippen LogP contribution is 2.42. The molecular formula is C26H25N3O4. The summed E-state index contributed by atoms with van der Waals surface area (Å²) in [6, 6.07) is 18.7. The Morgan fingerprint density at radius 1 is 1.00 bits per heavy atom. The van der Waals surface area contributed by atoms with Gasteiger partial charge < -0.3 is 14.7 Å². The van der Waals surface area contributed by atoms with E-state index in [4.69, 9.17) is 4.74 Å². The van der Waals surface area contributed by atoms with E-state index in [2.05, 4.69) is 4.98 Å². The molecule has 1 fully saturated rings. The fourth-order valence-electron chi connectivity index (χ4n) is 3.91.